The number of benzene rings is 1. The molecule has 132 valence electrons. The summed E-state index contributed by atoms with van der Waals surface area (Å²) in [7, 11) is 0. The van der Waals surface area contributed by atoms with Crippen LogP contribution >= 0.6 is 0 Å². The molecule has 1 aromatic heterocycles. The van der Waals surface area contributed by atoms with Gasteiger partial charge in [-0.05, 0) is 50.1 Å². The number of hydrogen-bond acceptors (Lipinski definition) is 2. The highest BCUT2D eigenvalue weighted by Crippen LogP contribution is 2.27. The molecule has 1 aromatic carbocycles. The third-order valence-electron chi connectivity index (χ3n) is 4.59. The van der Waals surface area contributed by atoms with E-state index in [4.69, 9.17) is 4.42 Å². The zero-order valence-electron chi connectivity index (χ0n) is 14.2. The molecule has 1 heterocycles. The lowest BCUT2D eigenvalue weighted by atomic mass is 10.1. The second kappa shape index (κ2) is 7.64. The number of nitrogens with zero attached hydrogens (tertiary/aromatic N) is 1. The fraction of sp³-hybridized carbons (Fsp3) is 0.350. The van der Waals surface area contributed by atoms with Crippen molar-refractivity contribution in [1.29, 1.82) is 0 Å². The molecular weight excluding hydrogens is 324 g/mol. The van der Waals surface area contributed by atoms with Crippen LogP contribution in [0.25, 0.3) is 6.08 Å². The van der Waals surface area contributed by atoms with E-state index in [0.717, 1.165) is 31.4 Å². The van der Waals surface area contributed by atoms with Crippen LogP contribution in [0.4, 0.5) is 8.78 Å². The average molecular weight is 345 g/mol. The van der Waals surface area contributed by atoms with Gasteiger partial charge in [-0.1, -0.05) is 18.9 Å². The second-order valence-corrected chi connectivity index (χ2v) is 6.39. The quantitative estimate of drug-likeness (QED) is 0.726. The minimum absolute atomic E-state index is 0.00879. The molecule has 3 rings (SSSR count). The predicted octanol–water partition coefficient (Wildman–Crippen LogP) is 4.85. The van der Waals surface area contributed by atoms with Gasteiger partial charge in [0.25, 0.3) is 0 Å². The van der Waals surface area contributed by atoms with E-state index < -0.39 is 11.6 Å². The zero-order valence-corrected chi connectivity index (χ0v) is 14.2. The van der Waals surface area contributed by atoms with Crippen LogP contribution in [0.3, 0.4) is 0 Å². The number of rotatable bonds is 5. The van der Waals surface area contributed by atoms with Crippen LogP contribution in [0.2, 0.25) is 0 Å². The van der Waals surface area contributed by atoms with Crippen molar-refractivity contribution in [3.8, 4) is 0 Å². The Morgan fingerprint density at radius 1 is 1.20 bits per heavy atom. The van der Waals surface area contributed by atoms with Gasteiger partial charge in [-0.3, -0.25) is 4.79 Å². The normalized spacial score (nSPS) is 15.2. The molecule has 0 aliphatic heterocycles. The summed E-state index contributed by atoms with van der Waals surface area (Å²) in [5.74, 6) is -0.172. The van der Waals surface area contributed by atoms with Gasteiger partial charge >= 0.3 is 0 Å². The molecule has 5 heteroatoms. The highest BCUT2D eigenvalue weighted by molar-refractivity contribution is 5.91. The molecule has 3 nitrogen and oxygen atoms in total. The Balaban J connectivity index is 1.81. The molecular formula is C20H21F2NO2. The van der Waals surface area contributed by atoms with E-state index in [1.165, 1.54) is 24.3 Å². The molecule has 0 saturated heterocycles. The van der Waals surface area contributed by atoms with Gasteiger partial charge in [0, 0.05) is 17.7 Å². The standard InChI is InChI=1S/C20H21F2NO2/c1-14-9-10-16(25-14)11-12-20(24)23(15-5-2-3-6-15)13-17-18(21)7-4-8-19(17)22/h4,7-12,15H,2-3,5-6,13H2,1H3/b12-11+. The topological polar surface area (TPSA) is 33.5 Å². The third-order valence-corrected chi connectivity index (χ3v) is 4.59. The van der Waals surface area contributed by atoms with Gasteiger partial charge in [0.1, 0.15) is 23.2 Å². The lowest BCUT2D eigenvalue weighted by Crippen LogP contribution is -2.37. The van der Waals surface area contributed by atoms with E-state index in [1.807, 2.05) is 13.0 Å². The molecule has 1 aliphatic rings. The predicted molar refractivity (Wildman–Crippen MR) is 91.6 cm³/mol. The first-order valence-corrected chi connectivity index (χ1v) is 8.52. The van der Waals surface area contributed by atoms with Gasteiger partial charge in [-0.2, -0.15) is 0 Å². The largest absolute Gasteiger partial charge is 0.462 e. The van der Waals surface area contributed by atoms with Gasteiger partial charge < -0.3 is 9.32 Å². The van der Waals surface area contributed by atoms with Crippen molar-refractivity contribution < 1.29 is 18.0 Å². The summed E-state index contributed by atoms with van der Waals surface area (Å²) in [5, 5.41) is 0. The number of amides is 1. The molecule has 0 bridgehead atoms. The van der Waals surface area contributed by atoms with E-state index >= 15 is 0 Å². The fourth-order valence-electron chi connectivity index (χ4n) is 3.25. The maximum Gasteiger partial charge on any atom is 0.247 e. The van der Waals surface area contributed by atoms with Crippen LogP contribution in [0.5, 0.6) is 0 Å². The minimum atomic E-state index is -0.624. The molecule has 25 heavy (non-hydrogen) atoms. The van der Waals surface area contributed by atoms with Crippen molar-refractivity contribution >= 4 is 12.0 Å². The second-order valence-electron chi connectivity index (χ2n) is 6.39. The van der Waals surface area contributed by atoms with Crippen molar-refractivity contribution in [3.05, 3.63) is 65.1 Å². The molecule has 1 saturated carbocycles. The van der Waals surface area contributed by atoms with E-state index in [0.29, 0.717) is 5.76 Å². The van der Waals surface area contributed by atoms with Crippen molar-refractivity contribution in [1.82, 2.24) is 4.90 Å². The van der Waals surface area contributed by atoms with Gasteiger partial charge in [-0.15, -0.1) is 0 Å². The van der Waals surface area contributed by atoms with E-state index in [2.05, 4.69) is 0 Å². The van der Waals surface area contributed by atoms with Crippen LogP contribution in [0, 0.1) is 18.6 Å². The van der Waals surface area contributed by atoms with E-state index in [1.54, 1.807) is 17.0 Å². The summed E-state index contributed by atoms with van der Waals surface area (Å²) in [6.07, 6.45) is 6.76. The lowest BCUT2D eigenvalue weighted by molar-refractivity contribution is -0.128. The number of carbonyl (C=O) groups is 1. The Morgan fingerprint density at radius 2 is 1.88 bits per heavy atom. The molecule has 1 fully saturated rings. The van der Waals surface area contributed by atoms with Crippen molar-refractivity contribution in [2.45, 2.75) is 45.2 Å². The number of aryl methyl sites for hydroxylation is 1. The van der Waals surface area contributed by atoms with E-state index in [-0.39, 0.29) is 24.1 Å². The summed E-state index contributed by atoms with van der Waals surface area (Å²) in [5.41, 5.74) is -0.0648. The Labute approximate surface area is 145 Å². The van der Waals surface area contributed by atoms with Gasteiger partial charge in [0.2, 0.25) is 5.91 Å². The van der Waals surface area contributed by atoms with Gasteiger partial charge in [0.15, 0.2) is 0 Å². The first-order valence-electron chi connectivity index (χ1n) is 8.52. The smallest absolute Gasteiger partial charge is 0.247 e. The summed E-state index contributed by atoms with van der Waals surface area (Å²) >= 11 is 0. The molecule has 0 atom stereocenters. The Kier molecular flexibility index (Phi) is 5.31. The summed E-state index contributed by atoms with van der Waals surface area (Å²) in [6, 6.07) is 7.36. The highest BCUT2D eigenvalue weighted by atomic mass is 19.1. The maximum atomic E-state index is 14.0. The van der Waals surface area contributed by atoms with Crippen LogP contribution < -0.4 is 0 Å². The summed E-state index contributed by atoms with van der Waals surface area (Å²) in [4.78, 5) is 14.3. The highest BCUT2D eigenvalue weighted by Gasteiger charge is 2.27. The number of carbonyl (C=O) groups excluding carboxylic acids is 1. The van der Waals surface area contributed by atoms with Gasteiger partial charge in [-0.25, -0.2) is 8.78 Å². The number of furan rings is 1. The monoisotopic (exact) mass is 345 g/mol. The molecule has 1 amide bonds. The van der Waals surface area contributed by atoms with Crippen molar-refractivity contribution in [2.75, 3.05) is 0 Å². The van der Waals surface area contributed by atoms with Crippen LogP contribution in [-0.2, 0) is 11.3 Å². The first-order chi connectivity index (χ1) is 12.0. The molecule has 0 unspecified atom stereocenters. The Bertz CT molecular complexity index is 756. The molecule has 0 N–H and O–H groups in total. The van der Waals surface area contributed by atoms with Crippen molar-refractivity contribution in [3.63, 3.8) is 0 Å². The Morgan fingerprint density at radius 3 is 2.48 bits per heavy atom. The summed E-state index contributed by atoms with van der Waals surface area (Å²) < 4.78 is 33.4. The van der Waals surface area contributed by atoms with Crippen LogP contribution in [-0.4, -0.2) is 16.8 Å². The number of halogens is 2. The first kappa shape index (κ1) is 17.4. The number of hydrogen-bond donors (Lipinski definition) is 0. The molecule has 1 aliphatic carbocycles. The fourth-order valence-corrected chi connectivity index (χ4v) is 3.25. The SMILES string of the molecule is Cc1ccc(/C=C/C(=O)N(Cc2c(F)cccc2F)C2CCCC2)o1. The lowest BCUT2D eigenvalue weighted by Gasteiger charge is -2.28. The van der Waals surface area contributed by atoms with Crippen LogP contribution in [0.15, 0.2) is 40.8 Å². The van der Waals surface area contributed by atoms with E-state index in [9.17, 15) is 13.6 Å². The third kappa shape index (κ3) is 4.16. The Hall–Kier alpha value is -2.43. The molecule has 0 spiro atoms. The summed E-state index contributed by atoms with van der Waals surface area (Å²) in [6.45, 7) is 1.76. The average Bonchev–Trinajstić information content (AvgIpc) is 3.24. The maximum absolute atomic E-state index is 14.0. The molecule has 0 radical (unpaired) electrons. The van der Waals surface area contributed by atoms with Gasteiger partial charge in [0.05, 0.1) is 6.54 Å². The molecule has 2 aromatic rings. The minimum Gasteiger partial charge on any atom is -0.462 e. The van der Waals surface area contributed by atoms with Crippen molar-refractivity contribution in [2.24, 2.45) is 0 Å². The van der Waals surface area contributed by atoms with Crippen LogP contribution in [0.1, 0.15) is 42.8 Å². The zero-order chi connectivity index (χ0) is 17.8.